The SMILES string of the molecule is Cc1nc(N(C)C(=O)C2CN(c3ccc(-c4ccccc4C(C)C)cc3)C2)sc1SN. The van der Waals surface area contributed by atoms with Crippen LogP contribution in [0.2, 0.25) is 0 Å². The molecule has 31 heavy (non-hydrogen) atoms. The van der Waals surface area contributed by atoms with Crippen LogP contribution in [-0.2, 0) is 4.79 Å². The van der Waals surface area contributed by atoms with Gasteiger partial charge in [0.1, 0.15) is 0 Å². The predicted octanol–water partition coefficient (Wildman–Crippen LogP) is 5.31. The molecule has 1 fully saturated rings. The molecule has 1 saturated heterocycles. The predicted molar refractivity (Wildman–Crippen MR) is 132 cm³/mol. The van der Waals surface area contributed by atoms with Crippen molar-refractivity contribution in [2.24, 2.45) is 11.1 Å². The van der Waals surface area contributed by atoms with Crippen molar-refractivity contribution < 1.29 is 4.79 Å². The zero-order chi connectivity index (χ0) is 22.1. The van der Waals surface area contributed by atoms with E-state index in [1.807, 2.05) is 6.92 Å². The van der Waals surface area contributed by atoms with E-state index in [9.17, 15) is 4.79 Å². The molecule has 2 heterocycles. The van der Waals surface area contributed by atoms with Gasteiger partial charge in [0.25, 0.3) is 0 Å². The average Bonchev–Trinajstić information content (AvgIpc) is 3.13. The first-order valence-electron chi connectivity index (χ1n) is 10.4. The van der Waals surface area contributed by atoms with Crippen LogP contribution < -0.4 is 14.9 Å². The first kappa shape index (κ1) is 21.9. The van der Waals surface area contributed by atoms with Gasteiger partial charge in [-0.3, -0.25) is 14.8 Å². The molecule has 0 spiro atoms. The summed E-state index contributed by atoms with van der Waals surface area (Å²) in [6.45, 7) is 7.83. The van der Waals surface area contributed by atoms with E-state index in [4.69, 9.17) is 5.14 Å². The lowest BCUT2D eigenvalue weighted by Crippen LogP contribution is -2.54. The molecule has 7 heteroatoms. The molecule has 0 saturated carbocycles. The number of nitrogens with two attached hydrogens (primary N) is 1. The van der Waals surface area contributed by atoms with Gasteiger partial charge in [0.05, 0.1) is 15.8 Å². The fourth-order valence-electron chi connectivity index (χ4n) is 3.95. The Morgan fingerprint density at radius 2 is 1.87 bits per heavy atom. The molecule has 0 aliphatic carbocycles. The van der Waals surface area contributed by atoms with E-state index in [1.165, 1.54) is 40.0 Å². The Hall–Kier alpha value is -2.35. The number of aryl methyl sites for hydroxylation is 1. The monoisotopic (exact) mass is 452 g/mol. The largest absolute Gasteiger partial charge is 0.370 e. The maximum absolute atomic E-state index is 12.9. The summed E-state index contributed by atoms with van der Waals surface area (Å²) in [5.74, 6) is 0.585. The quantitative estimate of drug-likeness (QED) is 0.514. The summed E-state index contributed by atoms with van der Waals surface area (Å²) in [5, 5.41) is 6.38. The zero-order valence-corrected chi connectivity index (χ0v) is 20.0. The Labute approximate surface area is 192 Å². The van der Waals surface area contributed by atoms with E-state index in [1.54, 1.807) is 11.9 Å². The van der Waals surface area contributed by atoms with E-state index in [0.29, 0.717) is 11.0 Å². The molecule has 0 bridgehead atoms. The molecule has 1 amide bonds. The van der Waals surface area contributed by atoms with Gasteiger partial charge in [-0.05, 0) is 53.6 Å². The summed E-state index contributed by atoms with van der Waals surface area (Å²) in [7, 11) is 1.80. The molecule has 4 rings (SSSR count). The Balaban J connectivity index is 1.40. The lowest BCUT2D eigenvalue weighted by atomic mass is 9.92. The second-order valence-corrected chi connectivity index (χ2v) is 10.2. The summed E-state index contributed by atoms with van der Waals surface area (Å²) in [6.07, 6.45) is 0. The zero-order valence-electron chi connectivity index (χ0n) is 18.3. The second-order valence-electron chi connectivity index (χ2n) is 8.28. The van der Waals surface area contributed by atoms with Crippen molar-refractivity contribution in [1.29, 1.82) is 0 Å². The lowest BCUT2D eigenvalue weighted by Gasteiger charge is -2.41. The van der Waals surface area contributed by atoms with Crippen LogP contribution in [0.1, 0.15) is 31.0 Å². The molecule has 5 nitrogen and oxygen atoms in total. The minimum absolute atomic E-state index is 0.00970. The van der Waals surface area contributed by atoms with Crippen molar-refractivity contribution in [3.05, 3.63) is 59.8 Å². The molecular formula is C24H28N4OS2. The summed E-state index contributed by atoms with van der Waals surface area (Å²) >= 11 is 2.65. The summed E-state index contributed by atoms with van der Waals surface area (Å²) < 4.78 is 0.948. The number of nitrogens with zero attached hydrogens (tertiary/aromatic N) is 3. The first-order valence-corrected chi connectivity index (χ1v) is 12.1. The third kappa shape index (κ3) is 4.35. The summed E-state index contributed by atoms with van der Waals surface area (Å²) in [4.78, 5) is 21.3. The van der Waals surface area contributed by atoms with Crippen molar-refractivity contribution in [1.82, 2.24) is 4.98 Å². The third-order valence-corrected chi connectivity index (χ3v) is 7.90. The molecule has 0 unspecified atom stereocenters. The first-order chi connectivity index (χ1) is 14.9. The van der Waals surface area contributed by atoms with Gasteiger partial charge in [0, 0.05) is 25.8 Å². The molecule has 0 radical (unpaired) electrons. The van der Waals surface area contributed by atoms with Crippen LogP contribution in [0, 0.1) is 12.8 Å². The number of anilines is 2. The highest BCUT2D eigenvalue weighted by Gasteiger charge is 2.35. The highest BCUT2D eigenvalue weighted by Crippen LogP contribution is 2.34. The van der Waals surface area contributed by atoms with Gasteiger partial charge in [-0.25, -0.2) is 4.98 Å². The Bertz CT molecular complexity index is 1070. The highest BCUT2D eigenvalue weighted by molar-refractivity contribution is 7.99. The van der Waals surface area contributed by atoms with E-state index in [0.717, 1.165) is 28.7 Å². The number of amides is 1. The number of thiazole rings is 1. The van der Waals surface area contributed by atoms with Gasteiger partial charge < -0.3 is 4.90 Å². The number of aromatic nitrogens is 1. The molecule has 3 aromatic rings. The Morgan fingerprint density at radius 3 is 2.48 bits per heavy atom. The minimum Gasteiger partial charge on any atom is -0.370 e. The number of benzene rings is 2. The second kappa shape index (κ2) is 9.02. The van der Waals surface area contributed by atoms with E-state index >= 15 is 0 Å². The van der Waals surface area contributed by atoms with Crippen LogP contribution in [-0.4, -0.2) is 31.0 Å². The molecule has 0 atom stereocenters. The molecule has 1 aliphatic heterocycles. The molecule has 1 aliphatic rings. The minimum atomic E-state index is -0.00970. The van der Waals surface area contributed by atoms with Crippen LogP contribution in [0.4, 0.5) is 10.8 Å². The molecule has 1 aromatic heterocycles. The fraction of sp³-hybridized carbons (Fsp3) is 0.333. The highest BCUT2D eigenvalue weighted by atomic mass is 32.2. The van der Waals surface area contributed by atoms with Crippen LogP contribution in [0.15, 0.2) is 52.7 Å². The van der Waals surface area contributed by atoms with Gasteiger partial charge in [-0.1, -0.05) is 61.6 Å². The van der Waals surface area contributed by atoms with E-state index < -0.39 is 0 Å². The van der Waals surface area contributed by atoms with E-state index in [2.05, 4.69) is 72.3 Å². The van der Waals surface area contributed by atoms with Crippen molar-refractivity contribution in [2.75, 3.05) is 29.9 Å². The standard InChI is InChI=1S/C24H28N4OS2/c1-15(2)20-7-5-6-8-21(20)17-9-11-19(12-10-17)28-13-18(14-28)22(29)27(4)24-26-16(3)23(30-24)31-25/h5-12,15,18H,13-14,25H2,1-4H3. The van der Waals surface area contributed by atoms with Crippen molar-refractivity contribution >= 4 is 40.0 Å². The number of rotatable bonds is 6. The van der Waals surface area contributed by atoms with Gasteiger partial charge in [0.2, 0.25) is 5.91 Å². The van der Waals surface area contributed by atoms with Crippen molar-refractivity contribution in [3.8, 4) is 11.1 Å². The fourth-order valence-corrected chi connectivity index (χ4v) is 5.35. The molecular weight excluding hydrogens is 424 g/mol. The van der Waals surface area contributed by atoms with Gasteiger partial charge >= 0.3 is 0 Å². The third-order valence-electron chi connectivity index (χ3n) is 5.82. The van der Waals surface area contributed by atoms with Gasteiger partial charge in [0.15, 0.2) is 5.13 Å². The molecule has 162 valence electrons. The van der Waals surface area contributed by atoms with Crippen LogP contribution in [0.3, 0.4) is 0 Å². The molecule has 2 N–H and O–H groups in total. The smallest absolute Gasteiger partial charge is 0.235 e. The topological polar surface area (TPSA) is 62.5 Å². The van der Waals surface area contributed by atoms with Crippen LogP contribution in [0.25, 0.3) is 11.1 Å². The number of carbonyl (C=O) groups is 1. The molecule has 2 aromatic carbocycles. The number of hydrogen-bond donors (Lipinski definition) is 1. The maximum Gasteiger partial charge on any atom is 0.235 e. The maximum atomic E-state index is 12.9. The van der Waals surface area contributed by atoms with Crippen molar-refractivity contribution in [3.63, 3.8) is 0 Å². The van der Waals surface area contributed by atoms with Crippen LogP contribution >= 0.6 is 23.3 Å². The summed E-state index contributed by atoms with van der Waals surface area (Å²) in [6, 6.07) is 17.3. The van der Waals surface area contributed by atoms with Gasteiger partial charge in [-0.2, -0.15) is 0 Å². The van der Waals surface area contributed by atoms with Crippen LogP contribution in [0.5, 0.6) is 0 Å². The lowest BCUT2D eigenvalue weighted by molar-refractivity contribution is -0.122. The average molecular weight is 453 g/mol. The van der Waals surface area contributed by atoms with Crippen molar-refractivity contribution in [2.45, 2.75) is 30.9 Å². The Morgan fingerprint density at radius 1 is 1.19 bits per heavy atom. The van der Waals surface area contributed by atoms with E-state index in [-0.39, 0.29) is 11.8 Å². The normalized spacial score (nSPS) is 14.1. The Kier molecular flexibility index (Phi) is 6.36. The summed E-state index contributed by atoms with van der Waals surface area (Å²) in [5.41, 5.74) is 5.91. The number of carbonyl (C=O) groups excluding carboxylic acids is 1. The number of hydrogen-bond acceptors (Lipinski definition) is 6. The van der Waals surface area contributed by atoms with Gasteiger partial charge in [-0.15, -0.1) is 0 Å².